The molecule has 0 saturated heterocycles. The standard InChI is InChI=1S/C16H17F3N2O/c1-10-6-4-5-7-14(10)21-11(2)8-13(12(21)3)15(22)20-9-16(17,18)19/h4-8H,9H2,1-3H3,(H,20,22). The van der Waals surface area contributed by atoms with Gasteiger partial charge in [0.1, 0.15) is 6.54 Å². The van der Waals surface area contributed by atoms with Crippen LogP contribution in [0.2, 0.25) is 0 Å². The maximum absolute atomic E-state index is 12.2. The van der Waals surface area contributed by atoms with Gasteiger partial charge in [-0.2, -0.15) is 13.2 Å². The van der Waals surface area contributed by atoms with Crippen molar-refractivity contribution < 1.29 is 18.0 Å². The Bertz CT molecular complexity index is 702. The first-order valence-electron chi connectivity index (χ1n) is 6.80. The lowest BCUT2D eigenvalue weighted by Gasteiger charge is -2.13. The number of carbonyl (C=O) groups is 1. The molecule has 0 aliphatic heterocycles. The smallest absolute Gasteiger partial charge is 0.343 e. The number of hydrogen-bond acceptors (Lipinski definition) is 1. The normalized spacial score (nSPS) is 11.5. The third-order valence-corrected chi connectivity index (χ3v) is 3.48. The van der Waals surface area contributed by atoms with Gasteiger partial charge in [0.2, 0.25) is 0 Å². The Balaban J connectivity index is 2.36. The molecule has 0 aliphatic rings. The predicted molar refractivity (Wildman–Crippen MR) is 78.4 cm³/mol. The quantitative estimate of drug-likeness (QED) is 0.921. The zero-order valence-corrected chi connectivity index (χ0v) is 12.6. The van der Waals surface area contributed by atoms with Crippen molar-refractivity contribution in [2.75, 3.05) is 6.54 Å². The van der Waals surface area contributed by atoms with E-state index in [1.54, 1.807) is 13.0 Å². The van der Waals surface area contributed by atoms with Crippen molar-refractivity contribution in [1.29, 1.82) is 0 Å². The Morgan fingerprint density at radius 1 is 1.18 bits per heavy atom. The van der Waals surface area contributed by atoms with E-state index in [0.29, 0.717) is 5.69 Å². The van der Waals surface area contributed by atoms with E-state index in [1.165, 1.54) is 0 Å². The molecule has 3 nitrogen and oxygen atoms in total. The Morgan fingerprint density at radius 2 is 1.82 bits per heavy atom. The molecule has 1 heterocycles. The van der Waals surface area contributed by atoms with E-state index in [4.69, 9.17) is 0 Å². The van der Waals surface area contributed by atoms with Crippen molar-refractivity contribution in [2.45, 2.75) is 26.9 Å². The van der Waals surface area contributed by atoms with Gasteiger partial charge in [-0.15, -0.1) is 0 Å². The number of benzene rings is 1. The van der Waals surface area contributed by atoms with Crippen LogP contribution in [0.25, 0.3) is 5.69 Å². The van der Waals surface area contributed by atoms with Crippen molar-refractivity contribution in [2.24, 2.45) is 0 Å². The van der Waals surface area contributed by atoms with Crippen LogP contribution >= 0.6 is 0 Å². The van der Waals surface area contributed by atoms with Crippen LogP contribution < -0.4 is 5.32 Å². The highest BCUT2D eigenvalue weighted by Crippen LogP contribution is 2.23. The van der Waals surface area contributed by atoms with Gasteiger partial charge < -0.3 is 9.88 Å². The summed E-state index contributed by atoms with van der Waals surface area (Å²) in [4.78, 5) is 12.0. The lowest BCUT2D eigenvalue weighted by atomic mass is 10.2. The molecule has 118 valence electrons. The van der Waals surface area contributed by atoms with Crippen molar-refractivity contribution in [3.8, 4) is 5.69 Å². The van der Waals surface area contributed by atoms with E-state index >= 15 is 0 Å². The van der Waals surface area contributed by atoms with Crippen molar-refractivity contribution in [3.05, 3.63) is 52.8 Å². The van der Waals surface area contributed by atoms with E-state index < -0.39 is 18.6 Å². The molecule has 1 aromatic heterocycles. The van der Waals surface area contributed by atoms with Crippen LogP contribution in [0.3, 0.4) is 0 Å². The third kappa shape index (κ3) is 3.32. The molecule has 2 aromatic rings. The van der Waals surface area contributed by atoms with Crippen molar-refractivity contribution in [1.82, 2.24) is 9.88 Å². The molecular formula is C16H17F3N2O. The maximum Gasteiger partial charge on any atom is 0.405 e. The molecule has 0 radical (unpaired) electrons. The van der Waals surface area contributed by atoms with Gasteiger partial charge >= 0.3 is 6.18 Å². The van der Waals surface area contributed by atoms with Gasteiger partial charge in [-0.3, -0.25) is 4.79 Å². The molecule has 1 N–H and O–H groups in total. The maximum atomic E-state index is 12.2. The molecule has 0 spiro atoms. The highest BCUT2D eigenvalue weighted by molar-refractivity contribution is 5.96. The molecule has 0 fully saturated rings. The first kappa shape index (κ1) is 16.1. The molecule has 0 bridgehead atoms. The number of aromatic nitrogens is 1. The highest BCUT2D eigenvalue weighted by Gasteiger charge is 2.28. The average molecular weight is 310 g/mol. The van der Waals surface area contributed by atoms with E-state index in [9.17, 15) is 18.0 Å². The van der Waals surface area contributed by atoms with Gasteiger partial charge in [0.15, 0.2) is 0 Å². The number of para-hydroxylation sites is 1. The highest BCUT2D eigenvalue weighted by atomic mass is 19.4. The number of amides is 1. The summed E-state index contributed by atoms with van der Waals surface area (Å²) in [7, 11) is 0. The van der Waals surface area contributed by atoms with Crippen LogP contribution in [0.4, 0.5) is 13.2 Å². The number of carbonyl (C=O) groups excluding carboxylic acids is 1. The number of hydrogen-bond donors (Lipinski definition) is 1. The third-order valence-electron chi connectivity index (χ3n) is 3.48. The molecule has 0 atom stereocenters. The molecule has 0 aliphatic carbocycles. The minimum Gasteiger partial charge on any atom is -0.343 e. The van der Waals surface area contributed by atoms with Gasteiger partial charge in [-0.05, 0) is 38.5 Å². The Morgan fingerprint density at radius 3 is 2.41 bits per heavy atom. The monoisotopic (exact) mass is 310 g/mol. The van der Waals surface area contributed by atoms with E-state index in [0.717, 1.165) is 16.9 Å². The van der Waals surface area contributed by atoms with Gasteiger partial charge in [-0.1, -0.05) is 18.2 Å². The second-order valence-corrected chi connectivity index (χ2v) is 5.20. The first-order valence-corrected chi connectivity index (χ1v) is 6.80. The van der Waals surface area contributed by atoms with E-state index in [-0.39, 0.29) is 5.56 Å². The fraction of sp³-hybridized carbons (Fsp3) is 0.312. The summed E-state index contributed by atoms with van der Waals surface area (Å²) in [5, 5.41) is 1.91. The minimum absolute atomic E-state index is 0.255. The van der Waals surface area contributed by atoms with E-state index in [1.807, 2.05) is 48.0 Å². The molecular weight excluding hydrogens is 293 g/mol. The van der Waals surface area contributed by atoms with Gasteiger partial charge in [-0.25, -0.2) is 0 Å². The van der Waals surface area contributed by atoms with Gasteiger partial charge in [0.05, 0.1) is 5.56 Å². The van der Waals surface area contributed by atoms with Gasteiger partial charge in [0, 0.05) is 17.1 Å². The van der Waals surface area contributed by atoms with Crippen LogP contribution in [0.15, 0.2) is 30.3 Å². The zero-order chi connectivity index (χ0) is 16.5. The number of aryl methyl sites for hydroxylation is 2. The first-order chi connectivity index (χ1) is 10.2. The Labute approximate surface area is 126 Å². The lowest BCUT2D eigenvalue weighted by Crippen LogP contribution is -2.33. The second kappa shape index (κ2) is 5.87. The summed E-state index contributed by atoms with van der Waals surface area (Å²) >= 11 is 0. The molecule has 2 rings (SSSR count). The summed E-state index contributed by atoms with van der Waals surface area (Å²) in [5.74, 6) is -0.717. The minimum atomic E-state index is -4.42. The van der Waals surface area contributed by atoms with Crippen LogP contribution in [0.1, 0.15) is 27.3 Å². The zero-order valence-electron chi connectivity index (χ0n) is 12.6. The number of rotatable bonds is 3. The van der Waals surface area contributed by atoms with Crippen LogP contribution in [0, 0.1) is 20.8 Å². The SMILES string of the molecule is Cc1ccccc1-n1c(C)cc(C(=O)NCC(F)(F)F)c1C. The number of nitrogens with zero attached hydrogens (tertiary/aromatic N) is 1. The molecule has 6 heteroatoms. The molecule has 1 aromatic carbocycles. The fourth-order valence-corrected chi connectivity index (χ4v) is 2.45. The Hall–Kier alpha value is -2.24. The molecule has 0 saturated carbocycles. The van der Waals surface area contributed by atoms with Crippen molar-refractivity contribution in [3.63, 3.8) is 0 Å². The average Bonchev–Trinajstić information content (AvgIpc) is 2.72. The summed E-state index contributed by atoms with van der Waals surface area (Å²) < 4.78 is 38.5. The molecule has 22 heavy (non-hydrogen) atoms. The van der Waals surface area contributed by atoms with Crippen LogP contribution in [0.5, 0.6) is 0 Å². The molecule has 0 unspecified atom stereocenters. The summed E-state index contributed by atoms with van der Waals surface area (Å²) in [6.45, 7) is 4.15. The Kier molecular flexibility index (Phi) is 4.30. The van der Waals surface area contributed by atoms with E-state index in [2.05, 4.69) is 0 Å². The number of nitrogens with one attached hydrogen (secondary N) is 1. The number of halogens is 3. The lowest BCUT2D eigenvalue weighted by molar-refractivity contribution is -0.123. The van der Waals surface area contributed by atoms with Crippen LogP contribution in [-0.4, -0.2) is 23.2 Å². The van der Waals surface area contributed by atoms with Gasteiger partial charge in [0.25, 0.3) is 5.91 Å². The summed E-state index contributed by atoms with van der Waals surface area (Å²) in [5.41, 5.74) is 3.60. The second-order valence-electron chi connectivity index (χ2n) is 5.20. The topological polar surface area (TPSA) is 34.0 Å². The fourth-order valence-electron chi connectivity index (χ4n) is 2.45. The molecule has 1 amide bonds. The van der Waals surface area contributed by atoms with Crippen molar-refractivity contribution >= 4 is 5.91 Å². The summed E-state index contributed by atoms with van der Waals surface area (Å²) in [6.07, 6.45) is -4.42. The largest absolute Gasteiger partial charge is 0.405 e. The summed E-state index contributed by atoms with van der Waals surface area (Å²) in [6, 6.07) is 9.24. The number of alkyl halides is 3. The van der Waals surface area contributed by atoms with Crippen LogP contribution in [-0.2, 0) is 0 Å². The predicted octanol–water partition coefficient (Wildman–Crippen LogP) is 3.69.